The summed E-state index contributed by atoms with van der Waals surface area (Å²) in [6, 6.07) is 0. The van der Waals surface area contributed by atoms with Crippen molar-refractivity contribution in [3.8, 4) is 0 Å². The van der Waals surface area contributed by atoms with Gasteiger partial charge < -0.3 is 4.74 Å². The van der Waals surface area contributed by atoms with Crippen LogP contribution in [-0.4, -0.2) is 50.1 Å². The SMILES string of the molecule is COCCCS(=O)(=O)N1CCCC(Br)C1. The van der Waals surface area contributed by atoms with Gasteiger partial charge in [0.05, 0.1) is 5.75 Å². The largest absolute Gasteiger partial charge is 0.385 e. The van der Waals surface area contributed by atoms with Crippen LogP contribution in [0.4, 0.5) is 0 Å². The minimum Gasteiger partial charge on any atom is -0.385 e. The highest BCUT2D eigenvalue weighted by molar-refractivity contribution is 9.09. The first kappa shape index (κ1) is 13.4. The first-order chi connectivity index (χ1) is 7.06. The third-order valence-electron chi connectivity index (χ3n) is 2.47. The van der Waals surface area contributed by atoms with E-state index in [0.717, 1.165) is 12.8 Å². The van der Waals surface area contributed by atoms with Crippen molar-refractivity contribution >= 4 is 26.0 Å². The van der Waals surface area contributed by atoms with E-state index in [4.69, 9.17) is 4.74 Å². The molecule has 0 N–H and O–H groups in total. The summed E-state index contributed by atoms with van der Waals surface area (Å²) in [5, 5.41) is 0. The first-order valence-corrected chi connectivity index (χ1v) is 7.69. The predicted octanol–water partition coefficient (Wildman–Crippen LogP) is 1.21. The number of nitrogens with zero attached hydrogens (tertiary/aromatic N) is 1. The van der Waals surface area contributed by atoms with Gasteiger partial charge in [-0.2, -0.15) is 0 Å². The summed E-state index contributed by atoms with van der Waals surface area (Å²) in [7, 11) is -1.48. The van der Waals surface area contributed by atoms with Crippen LogP contribution in [0.1, 0.15) is 19.3 Å². The molecule has 90 valence electrons. The molecule has 6 heteroatoms. The molecule has 1 aliphatic rings. The van der Waals surface area contributed by atoms with Crippen molar-refractivity contribution in [2.45, 2.75) is 24.1 Å². The maximum atomic E-state index is 11.9. The summed E-state index contributed by atoms with van der Waals surface area (Å²) in [6.07, 6.45) is 2.58. The second-order valence-corrected chi connectivity index (χ2v) is 7.14. The maximum absolute atomic E-state index is 11.9. The minimum atomic E-state index is -3.07. The van der Waals surface area contributed by atoms with Gasteiger partial charge in [-0.1, -0.05) is 15.9 Å². The topological polar surface area (TPSA) is 46.6 Å². The molecule has 1 aliphatic heterocycles. The van der Waals surface area contributed by atoms with Gasteiger partial charge in [-0.05, 0) is 19.3 Å². The fourth-order valence-electron chi connectivity index (χ4n) is 1.66. The molecular weight excluding hydrogens is 282 g/mol. The Morgan fingerprint density at radius 1 is 1.53 bits per heavy atom. The monoisotopic (exact) mass is 299 g/mol. The van der Waals surface area contributed by atoms with Gasteiger partial charge >= 0.3 is 0 Å². The van der Waals surface area contributed by atoms with Crippen LogP contribution in [-0.2, 0) is 14.8 Å². The number of piperidine rings is 1. The normalized spacial score (nSPS) is 24.3. The zero-order valence-electron chi connectivity index (χ0n) is 8.99. The molecule has 0 spiro atoms. The van der Waals surface area contributed by atoms with Crippen molar-refractivity contribution < 1.29 is 13.2 Å². The fourth-order valence-corrected chi connectivity index (χ4v) is 4.08. The van der Waals surface area contributed by atoms with Gasteiger partial charge in [0.25, 0.3) is 0 Å². The zero-order chi connectivity index (χ0) is 11.3. The molecule has 1 rings (SSSR count). The van der Waals surface area contributed by atoms with Crippen LogP contribution in [0.15, 0.2) is 0 Å². The van der Waals surface area contributed by atoms with E-state index in [-0.39, 0.29) is 5.75 Å². The third-order valence-corrected chi connectivity index (χ3v) is 5.14. The Hall–Kier alpha value is 0.350. The van der Waals surface area contributed by atoms with Crippen LogP contribution in [0.3, 0.4) is 0 Å². The maximum Gasteiger partial charge on any atom is 0.214 e. The number of alkyl halides is 1. The van der Waals surface area contributed by atoms with E-state index in [1.807, 2.05) is 0 Å². The molecule has 1 fully saturated rings. The fraction of sp³-hybridized carbons (Fsp3) is 1.00. The average Bonchev–Trinajstić information content (AvgIpc) is 2.18. The van der Waals surface area contributed by atoms with Crippen molar-refractivity contribution in [2.75, 3.05) is 32.6 Å². The molecule has 0 radical (unpaired) electrons. The number of sulfonamides is 1. The molecule has 1 unspecified atom stereocenters. The summed E-state index contributed by atoms with van der Waals surface area (Å²) < 4.78 is 30.2. The molecule has 0 saturated carbocycles. The van der Waals surface area contributed by atoms with Crippen LogP contribution in [0.5, 0.6) is 0 Å². The molecule has 0 aromatic carbocycles. The summed E-state index contributed by atoms with van der Waals surface area (Å²) in [5.41, 5.74) is 0. The van der Waals surface area contributed by atoms with Gasteiger partial charge in [-0.25, -0.2) is 12.7 Å². The summed E-state index contributed by atoms with van der Waals surface area (Å²) in [5.74, 6) is 0.195. The number of halogens is 1. The van der Waals surface area contributed by atoms with Gasteiger partial charge in [0.1, 0.15) is 0 Å². The number of rotatable bonds is 5. The molecule has 0 bridgehead atoms. The number of hydrogen-bond acceptors (Lipinski definition) is 3. The van der Waals surface area contributed by atoms with E-state index in [2.05, 4.69) is 15.9 Å². The lowest BCUT2D eigenvalue weighted by atomic mass is 10.2. The summed E-state index contributed by atoms with van der Waals surface area (Å²) >= 11 is 3.47. The van der Waals surface area contributed by atoms with Crippen LogP contribution >= 0.6 is 15.9 Å². The van der Waals surface area contributed by atoms with Crippen LogP contribution in [0.25, 0.3) is 0 Å². The molecular formula is C9H18BrNO3S. The summed E-state index contributed by atoms with van der Waals surface area (Å²) in [4.78, 5) is 0.309. The van der Waals surface area contributed by atoms with E-state index in [1.54, 1.807) is 11.4 Å². The van der Waals surface area contributed by atoms with E-state index < -0.39 is 10.0 Å². The predicted molar refractivity (Wildman–Crippen MR) is 63.8 cm³/mol. The highest BCUT2D eigenvalue weighted by atomic mass is 79.9. The van der Waals surface area contributed by atoms with Gasteiger partial charge in [0.15, 0.2) is 0 Å². The average molecular weight is 300 g/mol. The molecule has 4 nitrogen and oxygen atoms in total. The second-order valence-electron chi connectivity index (χ2n) is 3.76. The van der Waals surface area contributed by atoms with E-state index >= 15 is 0 Å². The van der Waals surface area contributed by atoms with Gasteiger partial charge in [-0.3, -0.25) is 0 Å². The Balaban J connectivity index is 2.45. The molecule has 0 aliphatic carbocycles. The highest BCUT2D eigenvalue weighted by Crippen LogP contribution is 2.19. The Morgan fingerprint density at radius 2 is 2.27 bits per heavy atom. The lowest BCUT2D eigenvalue weighted by molar-refractivity contribution is 0.199. The lowest BCUT2D eigenvalue weighted by Crippen LogP contribution is -2.41. The van der Waals surface area contributed by atoms with Gasteiger partial charge in [0.2, 0.25) is 10.0 Å². The van der Waals surface area contributed by atoms with Crippen molar-refractivity contribution in [1.29, 1.82) is 0 Å². The lowest BCUT2D eigenvalue weighted by Gasteiger charge is -2.29. The Labute approximate surface area is 100 Å². The van der Waals surface area contributed by atoms with Crippen LogP contribution < -0.4 is 0 Å². The van der Waals surface area contributed by atoms with Crippen molar-refractivity contribution in [3.63, 3.8) is 0 Å². The third kappa shape index (κ3) is 4.38. The standard InChI is InChI=1S/C9H18BrNO3S/c1-14-6-3-7-15(12,13)11-5-2-4-9(10)8-11/h9H,2-8H2,1H3. The Morgan fingerprint density at radius 3 is 2.87 bits per heavy atom. The van der Waals surface area contributed by atoms with Crippen molar-refractivity contribution in [2.24, 2.45) is 0 Å². The smallest absolute Gasteiger partial charge is 0.214 e. The summed E-state index contributed by atoms with van der Waals surface area (Å²) in [6.45, 7) is 1.78. The molecule has 0 aromatic rings. The molecule has 0 amide bonds. The molecule has 1 atom stereocenters. The van der Waals surface area contributed by atoms with Crippen molar-refractivity contribution in [3.05, 3.63) is 0 Å². The zero-order valence-corrected chi connectivity index (χ0v) is 11.4. The Kier molecular flexibility index (Phi) is 5.52. The Bertz CT molecular complexity index is 281. The van der Waals surface area contributed by atoms with Crippen LogP contribution in [0.2, 0.25) is 0 Å². The number of hydrogen-bond donors (Lipinski definition) is 0. The van der Waals surface area contributed by atoms with E-state index in [9.17, 15) is 8.42 Å². The first-order valence-electron chi connectivity index (χ1n) is 5.17. The van der Waals surface area contributed by atoms with Gasteiger partial charge in [0, 0.05) is 31.6 Å². The molecule has 1 heterocycles. The van der Waals surface area contributed by atoms with E-state index in [0.29, 0.717) is 30.9 Å². The van der Waals surface area contributed by atoms with Gasteiger partial charge in [-0.15, -0.1) is 0 Å². The van der Waals surface area contributed by atoms with E-state index in [1.165, 1.54) is 0 Å². The van der Waals surface area contributed by atoms with Crippen molar-refractivity contribution in [1.82, 2.24) is 4.31 Å². The number of methoxy groups -OCH3 is 1. The molecule has 1 saturated heterocycles. The molecule has 15 heavy (non-hydrogen) atoms. The quantitative estimate of drug-likeness (QED) is 0.566. The minimum absolute atomic E-state index is 0.195. The number of ether oxygens (including phenoxy) is 1. The highest BCUT2D eigenvalue weighted by Gasteiger charge is 2.26. The second kappa shape index (κ2) is 6.18. The van der Waals surface area contributed by atoms with Crippen LogP contribution in [0, 0.1) is 0 Å². The molecule has 0 aromatic heterocycles.